The van der Waals surface area contributed by atoms with Gasteiger partial charge < -0.3 is 4.42 Å². The summed E-state index contributed by atoms with van der Waals surface area (Å²) in [4.78, 5) is 11.5. The van der Waals surface area contributed by atoms with E-state index in [-0.39, 0.29) is 20.5 Å². The monoisotopic (exact) mass is 276 g/mol. The van der Waals surface area contributed by atoms with Crippen LogP contribution in [-0.4, -0.2) is 0 Å². The fourth-order valence-electron chi connectivity index (χ4n) is 1.15. The standard InChI is InChI=1S/C9H3BrClFO2/c10-5-3-14-7-2-4(11)1-6(12)8(7)9(5)13/h1-3H. The molecule has 1 heterocycles. The molecular formula is C9H3BrClFO2. The third kappa shape index (κ3) is 1.44. The van der Waals surface area contributed by atoms with Gasteiger partial charge in [0.05, 0.1) is 0 Å². The minimum Gasteiger partial charge on any atom is -0.463 e. The van der Waals surface area contributed by atoms with Crippen LogP contribution < -0.4 is 5.43 Å². The Morgan fingerprint density at radius 3 is 2.86 bits per heavy atom. The van der Waals surface area contributed by atoms with Gasteiger partial charge in [-0.25, -0.2) is 4.39 Å². The summed E-state index contributed by atoms with van der Waals surface area (Å²) >= 11 is 8.57. The first-order chi connectivity index (χ1) is 6.59. The lowest BCUT2D eigenvalue weighted by molar-refractivity contribution is 0.588. The maximum atomic E-state index is 13.3. The van der Waals surface area contributed by atoms with E-state index < -0.39 is 11.2 Å². The van der Waals surface area contributed by atoms with Crippen LogP contribution in [0.25, 0.3) is 11.0 Å². The van der Waals surface area contributed by atoms with Gasteiger partial charge >= 0.3 is 0 Å². The third-order valence-corrected chi connectivity index (χ3v) is 2.52. The van der Waals surface area contributed by atoms with Crippen LogP contribution in [0.2, 0.25) is 5.02 Å². The van der Waals surface area contributed by atoms with Crippen LogP contribution in [0.1, 0.15) is 0 Å². The Balaban J connectivity index is 3.03. The Morgan fingerprint density at radius 1 is 1.43 bits per heavy atom. The van der Waals surface area contributed by atoms with E-state index in [1.54, 1.807) is 0 Å². The van der Waals surface area contributed by atoms with Crippen molar-refractivity contribution in [2.75, 3.05) is 0 Å². The lowest BCUT2D eigenvalue weighted by Crippen LogP contribution is -2.03. The van der Waals surface area contributed by atoms with Gasteiger partial charge in [0.2, 0.25) is 5.43 Å². The summed E-state index contributed by atoms with van der Waals surface area (Å²) in [6, 6.07) is 2.47. The van der Waals surface area contributed by atoms with Crippen molar-refractivity contribution in [2.24, 2.45) is 0 Å². The summed E-state index contributed by atoms with van der Waals surface area (Å²) in [6.45, 7) is 0. The number of hydrogen-bond donors (Lipinski definition) is 0. The smallest absolute Gasteiger partial charge is 0.209 e. The fraction of sp³-hybridized carbons (Fsp3) is 0. The molecule has 0 spiro atoms. The minimum atomic E-state index is -0.678. The van der Waals surface area contributed by atoms with Crippen LogP contribution in [0.4, 0.5) is 4.39 Å². The molecule has 1 aromatic carbocycles. The number of rotatable bonds is 0. The molecule has 2 rings (SSSR count). The molecule has 0 unspecified atom stereocenters. The molecule has 0 N–H and O–H groups in total. The molecule has 0 radical (unpaired) electrons. The summed E-state index contributed by atoms with van der Waals surface area (Å²) in [5, 5.41) is 0.101. The van der Waals surface area contributed by atoms with Crippen LogP contribution in [0.15, 0.2) is 32.1 Å². The third-order valence-electron chi connectivity index (χ3n) is 1.75. The van der Waals surface area contributed by atoms with Gasteiger partial charge in [0.15, 0.2) is 0 Å². The maximum absolute atomic E-state index is 13.3. The van der Waals surface area contributed by atoms with Crippen molar-refractivity contribution in [1.82, 2.24) is 0 Å². The second-order valence-corrected chi connectivity index (χ2v) is 3.96. The molecule has 0 saturated carbocycles. The largest absolute Gasteiger partial charge is 0.463 e. The Bertz CT molecular complexity index is 564. The fourth-order valence-corrected chi connectivity index (χ4v) is 1.64. The van der Waals surface area contributed by atoms with E-state index in [4.69, 9.17) is 16.0 Å². The summed E-state index contributed by atoms with van der Waals surface area (Å²) in [7, 11) is 0. The molecule has 14 heavy (non-hydrogen) atoms. The van der Waals surface area contributed by atoms with Gasteiger partial charge in [-0.3, -0.25) is 4.79 Å². The van der Waals surface area contributed by atoms with Crippen molar-refractivity contribution in [1.29, 1.82) is 0 Å². The van der Waals surface area contributed by atoms with Crippen LogP contribution in [-0.2, 0) is 0 Å². The molecule has 0 bridgehead atoms. The van der Waals surface area contributed by atoms with Gasteiger partial charge in [-0.15, -0.1) is 0 Å². The van der Waals surface area contributed by atoms with Gasteiger partial charge in [-0.1, -0.05) is 11.6 Å². The first kappa shape index (κ1) is 9.68. The van der Waals surface area contributed by atoms with Crippen LogP contribution in [0, 0.1) is 5.82 Å². The first-order valence-corrected chi connectivity index (χ1v) is 4.83. The topological polar surface area (TPSA) is 30.2 Å². The summed E-state index contributed by atoms with van der Waals surface area (Å²) in [5.41, 5.74) is -0.302. The van der Waals surface area contributed by atoms with E-state index in [1.807, 2.05) is 0 Å². The molecule has 5 heteroatoms. The average molecular weight is 277 g/mol. The molecule has 0 saturated heterocycles. The first-order valence-electron chi connectivity index (χ1n) is 3.65. The van der Waals surface area contributed by atoms with Crippen LogP contribution in [0.5, 0.6) is 0 Å². The summed E-state index contributed by atoms with van der Waals surface area (Å²) in [5.74, 6) is -0.678. The molecule has 2 nitrogen and oxygen atoms in total. The van der Waals surface area contributed by atoms with Crippen LogP contribution in [0.3, 0.4) is 0 Å². The summed E-state index contributed by atoms with van der Waals surface area (Å²) < 4.78 is 18.5. The van der Waals surface area contributed by atoms with Crippen molar-refractivity contribution >= 4 is 38.5 Å². The van der Waals surface area contributed by atoms with E-state index in [0.29, 0.717) is 0 Å². The zero-order valence-electron chi connectivity index (χ0n) is 6.68. The maximum Gasteiger partial charge on any atom is 0.209 e. The molecule has 1 aromatic heterocycles. The molecule has 0 fully saturated rings. The second-order valence-electron chi connectivity index (χ2n) is 2.67. The molecule has 0 amide bonds. The van der Waals surface area contributed by atoms with Crippen molar-refractivity contribution in [3.63, 3.8) is 0 Å². The van der Waals surface area contributed by atoms with Gasteiger partial charge in [-0.2, -0.15) is 0 Å². The average Bonchev–Trinajstić information content (AvgIpc) is 2.10. The highest BCUT2D eigenvalue weighted by atomic mass is 79.9. The molecule has 2 aromatic rings. The van der Waals surface area contributed by atoms with Gasteiger partial charge in [0.1, 0.15) is 27.5 Å². The number of halogens is 3. The van der Waals surface area contributed by atoms with E-state index >= 15 is 0 Å². The van der Waals surface area contributed by atoms with Crippen molar-refractivity contribution < 1.29 is 8.81 Å². The lowest BCUT2D eigenvalue weighted by atomic mass is 10.2. The van der Waals surface area contributed by atoms with E-state index in [0.717, 1.165) is 6.07 Å². The Hall–Kier alpha value is -0.870. The number of benzene rings is 1. The molecular weight excluding hydrogens is 274 g/mol. The zero-order valence-corrected chi connectivity index (χ0v) is 9.02. The second kappa shape index (κ2) is 3.37. The van der Waals surface area contributed by atoms with Gasteiger partial charge in [-0.05, 0) is 22.0 Å². The van der Waals surface area contributed by atoms with Crippen molar-refractivity contribution in [3.05, 3.63) is 43.9 Å². The lowest BCUT2D eigenvalue weighted by Gasteiger charge is -1.99. The number of hydrogen-bond acceptors (Lipinski definition) is 2. The number of fused-ring (bicyclic) bond motifs is 1. The van der Waals surface area contributed by atoms with E-state index in [1.165, 1.54) is 12.3 Å². The highest BCUT2D eigenvalue weighted by Gasteiger charge is 2.10. The summed E-state index contributed by atoms with van der Waals surface area (Å²) in [6.07, 6.45) is 1.21. The minimum absolute atomic E-state index is 0.0937. The highest BCUT2D eigenvalue weighted by Crippen LogP contribution is 2.21. The van der Waals surface area contributed by atoms with E-state index in [9.17, 15) is 9.18 Å². The van der Waals surface area contributed by atoms with E-state index in [2.05, 4.69) is 15.9 Å². The van der Waals surface area contributed by atoms with Crippen molar-refractivity contribution in [2.45, 2.75) is 0 Å². The van der Waals surface area contributed by atoms with Crippen LogP contribution >= 0.6 is 27.5 Å². The molecule has 0 aliphatic carbocycles. The predicted octanol–water partition coefficient (Wildman–Crippen LogP) is 3.35. The van der Waals surface area contributed by atoms with Gasteiger partial charge in [0, 0.05) is 11.1 Å². The normalized spacial score (nSPS) is 10.8. The Labute approximate surface area is 91.4 Å². The SMILES string of the molecule is O=c1c(Br)coc2cc(Cl)cc(F)c12. The Morgan fingerprint density at radius 2 is 2.14 bits per heavy atom. The van der Waals surface area contributed by atoms with Crippen molar-refractivity contribution in [3.8, 4) is 0 Å². The predicted molar refractivity (Wildman–Crippen MR) is 55.2 cm³/mol. The molecule has 0 aliphatic rings. The highest BCUT2D eigenvalue weighted by molar-refractivity contribution is 9.10. The molecule has 0 atom stereocenters. The quantitative estimate of drug-likeness (QED) is 0.739. The Kier molecular flexibility index (Phi) is 2.33. The van der Waals surface area contributed by atoms with Gasteiger partial charge in [0.25, 0.3) is 0 Å². The molecule has 0 aliphatic heterocycles. The zero-order chi connectivity index (χ0) is 10.3. The molecule has 72 valence electrons.